The lowest BCUT2D eigenvalue weighted by atomic mass is 10.0. The Kier molecular flexibility index (Phi) is 6.47. The number of carbonyl (C=O) groups is 2. The zero-order chi connectivity index (χ0) is 16.8. The molecule has 0 aliphatic heterocycles. The van der Waals surface area contributed by atoms with Gasteiger partial charge in [-0.25, -0.2) is 0 Å². The fourth-order valence-corrected chi connectivity index (χ4v) is 3.29. The van der Waals surface area contributed by atoms with Gasteiger partial charge >= 0.3 is 5.97 Å². The van der Waals surface area contributed by atoms with Crippen LogP contribution in [0.5, 0.6) is 0 Å². The molecule has 0 radical (unpaired) electrons. The van der Waals surface area contributed by atoms with E-state index >= 15 is 0 Å². The SMILES string of the molecule is COC(=O)CC(NC(=O)C1CCC(N)C1)c1ccc(SC)cc1. The third-order valence-corrected chi connectivity index (χ3v) is 5.02. The van der Waals surface area contributed by atoms with Crippen LogP contribution in [0.2, 0.25) is 0 Å². The van der Waals surface area contributed by atoms with Crippen molar-refractivity contribution in [3.05, 3.63) is 29.8 Å². The maximum atomic E-state index is 12.4. The quantitative estimate of drug-likeness (QED) is 0.615. The van der Waals surface area contributed by atoms with E-state index in [0.717, 1.165) is 23.3 Å². The molecule has 1 aromatic carbocycles. The number of carbonyl (C=O) groups excluding carboxylic acids is 2. The molecule has 1 aliphatic rings. The number of nitrogens with two attached hydrogens (primary N) is 1. The van der Waals surface area contributed by atoms with Crippen molar-refractivity contribution in [2.24, 2.45) is 11.7 Å². The Labute approximate surface area is 141 Å². The highest BCUT2D eigenvalue weighted by Gasteiger charge is 2.30. The van der Waals surface area contributed by atoms with E-state index in [2.05, 4.69) is 5.32 Å². The normalized spacial score (nSPS) is 21.7. The summed E-state index contributed by atoms with van der Waals surface area (Å²) in [6.45, 7) is 0. The van der Waals surface area contributed by atoms with Gasteiger partial charge in [0.2, 0.25) is 5.91 Å². The summed E-state index contributed by atoms with van der Waals surface area (Å²) in [7, 11) is 1.36. The number of ether oxygens (including phenoxy) is 1. The predicted octanol–water partition coefficient (Wildman–Crippen LogP) is 2.26. The number of nitrogens with one attached hydrogen (secondary N) is 1. The maximum absolute atomic E-state index is 12.4. The first-order chi connectivity index (χ1) is 11.0. The van der Waals surface area contributed by atoms with E-state index in [1.807, 2.05) is 30.5 Å². The molecule has 1 saturated carbocycles. The lowest BCUT2D eigenvalue weighted by molar-refractivity contribution is -0.141. The van der Waals surface area contributed by atoms with Crippen LogP contribution in [0.3, 0.4) is 0 Å². The average Bonchev–Trinajstić information content (AvgIpc) is 3.00. The van der Waals surface area contributed by atoms with E-state index in [0.29, 0.717) is 6.42 Å². The van der Waals surface area contributed by atoms with Crippen LogP contribution < -0.4 is 11.1 Å². The molecule has 0 heterocycles. The van der Waals surface area contributed by atoms with Crippen LogP contribution in [0, 0.1) is 5.92 Å². The van der Waals surface area contributed by atoms with E-state index in [-0.39, 0.29) is 36.3 Å². The summed E-state index contributed by atoms with van der Waals surface area (Å²) in [6, 6.07) is 7.60. The minimum atomic E-state index is -0.373. The molecule has 3 unspecified atom stereocenters. The molecule has 1 aromatic rings. The molecule has 0 saturated heterocycles. The van der Waals surface area contributed by atoms with E-state index < -0.39 is 0 Å². The van der Waals surface area contributed by atoms with Gasteiger partial charge in [-0.2, -0.15) is 0 Å². The molecule has 3 atom stereocenters. The largest absolute Gasteiger partial charge is 0.469 e. The molecule has 126 valence electrons. The van der Waals surface area contributed by atoms with Crippen molar-refractivity contribution in [3.63, 3.8) is 0 Å². The van der Waals surface area contributed by atoms with Gasteiger partial charge in [-0.3, -0.25) is 9.59 Å². The smallest absolute Gasteiger partial charge is 0.307 e. The Morgan fingerprint density at radius 2 is 2.04 bits per heavy atom. The number of amides is 1. The van der Waals surface area contributed by atoms with Crippen LogP contribution in [-0.4, -0.2) is 31.3 Å². The van der Waals surface area contributed by atoms with Crippen LogP contribution in [0.4, 0.5) is 0 Å². The molecule has 1 amide bonds. The monoisotopic (exact) mass is 336 g/mol. The number of hydrogen-bond donors (Lipinski definition) is 2. The van der Waals surface area contributed by atoms with Crippen LogP contribution >= 0.6 is 11.8 Å². The lowest BCUT2D eigenvalue weighted by Crippen LogP contribution is -2.35. The number of methoxy groups -OCH3 is 1. The van der Waals surface area contributed by atoms with E-state index in [1.165, 1.54) is 7.11 Å². The number of rotatable bonds is 6. The van der Waals surface area contributed by atoms with E-state index in [1.54, 1.807) is 11.8 Å². The molecular weight excluding hydrogens is 312 g/mol. The molecule has 0 spiro atoms. The standard InChI is InChI=1S/C17H24N2O3S/c1-22-16(20)10-15(11-4-7-14(23-2)8-5-11)19-17(21)12-3-6-13(18)9-12/h4-5,7-8,12-13,15H,3,6,9-10,18H2,1-2H3,(H,19,21). The van der Waals surface area contributed by atoms with Gasteiger partial charge in [-0.1, -0.05) is 12.1 Å². The molecule has 1 aliphatic carbocycles. The first-order valence-electron chi connectivity index (χ1n) is 7.80. The first kappa shape index (κ1) is 17.8. The number of thioether (sulfide) groups is 1. The van der Waals surface area contributed by atoms with Gasteiger partial charge in [0, 0.05) is 16.9 Å². The van der Waals surface area contributed by atoms with Crippen molar-refractivity contribution in [2.75, 3.05) is 13.4 Å². The van der Waals surface area contributed by atoms with Crippen LogP contribution in [0.1, 0.15) is 37.3 Å². The second-order valence-electron chi connectivity index (χ2n) is 5.88. The Morgan fingerprint density at radius 1 is 1.35 bits per heavy atom. The summed E-state index contributed by atoms with van der Waals surface area (Å²) in [6.07, 6.45) is 4.53. The summed E-state index contributed by atoms with van der Waals surface area (Å²) in [4.78, 5) is 25.3. The minimum Gasteiger partial charge on any atom is -0.469 e. The van der Waals surface area contributed by atoms with Crippen molar-refractivity contribution < 1.29 is 14.3 Å². The zero-order valence-electron chi connectivity index (χ0n) is 13.6. The summed E-state index contributed by atoms with van der Waals surface area (Å²) < 4.78 is 4.76. The van der Waals surface area contributed by atoms with Crippen molar-refractivity contribution >= 4 is 23.6 Å². The molecule has 0 bridgehead atoms. The van der Waals surface area contributed by atoms with Crippen LogP contribution in [-0.2, 0) is 14.3 Å². The minimum absolute atomic E-state index is 0.0270. The summed E-state index contributed by atoms with van der Waals surface area (Å²) in [5.74, 6) is -0.427. The molecule has 1 fully saturated rings. The number of esters is 1. The lowest BCUT2D eigenvalue weighted by Gasteiger charge is -2.21. The van der Waals surface area contributed by atoms with Crippen LogP contribution in [0.25, 0.3) is 0 Å². The first-order valence-corrected chi connectivity index (χ1v) is 9.02. The van der Waals surface area contributed by atoms with Crippen molar-refractivity contribution in [1.82, 2.24) is 5.32 Å². The number of hydrogen-bond acceptors (Lipinski definition) is 5. The molecule has 3 N–H and O–H groups in total. The summed E-state index contributed by atoms with van der Waals surface area (Å²) >= 11 is 1.65. The Bertz CT molecular complexity index is 547. The molecule has 2 rings (SSSR count). The van der Waals surface area contributed by atoms with E-state index in [9.17, 15) is 9.59 Å². The second kappa shape index (κ2) is 8.36. The third-order valence-electron chi connectivity index (χ3n) is 4.28. The molecular formula is C17H24N2O3S. The average molecular weight is 336 g/mol. The highest BCUT2D eigenvalue weighted by atomic mass is 32.2. The molecule has 6 heteroatoms. The molecule has 5 nitrogen and oxygen atoms in total. The van der Waals surface area contributed by atoms with Gasteiger partial charge in [0.25, 0.3) is 0 Å². The fourth-order valence-electron chi connectivity index (χ4n) is 2.88. The van der Waals surface area contributed by atoms with Gasteiger partial charge in [0.1, 0.15) is 0 Å². The Hall–Kier alpha value is -1.53. The zero-order valence-corrected chi connectivity index (χ0v) is 14.4. The second-order valence-corrected chi connectivity index (χ2v) is 6.76. The highest BCUT2D eigenvalue weighted by Crippen LogP contribution is 2.27. The van der Waals surface area contributed by atoms with Gasteiger partial charge < -0.3 is 15.8 Å². The molecule has 0 aromatic heterocycles. The summed E-state index contributed by atoms with van der Waals surface area (Å²) in [5.41, 5.74) is 6.79. The third kappa shape index (κ3) is 4.97. The van der Waals surface area contributed by atoms with Gasteiger partial charge in [-0.15, -0.1) is 11.8 Å². The maximum Gasteiger partial charge on any atom is 0.307 e. The predicted molar refractivity (Wildman–Crippen MR) is 91.1 cm³/mol. The van der Waals surface area contributed by atoms with Crippen molar-refractivity contribution in [2.45, 2.75) is 42.7 Å². The van der Waals surface area contributed by atoms with E-state index in [4.69, 9.17) is 10.5 Å². The van der Waals surface area contributed by atoms with Gasteiger partial charge in [0.15, 0.2) is 0 Å². The highest BCUT2D eigenvalue weighted by molar-refractivity contribution is 7.98. The van der Waals surface area contributed by atoms with Gasteiger partial charge in [-0.05, 0) is 43.2 Å². The van der Waals surface area contributed by atoms with Crippen LogP contribution in [0.15, 0.2) is 29.2 Å². The molecule has 23 heavy (non-hydrogen) atoms. The van der Waals surface area contributed by atoms with Crippen molar-refractivity contribution in [3.8, 4) is 0 Å². The topological polar surface area (TPSA) is 81.4 Å². The Balaban J connectivity index is 2.09. The Morgan fingerprint density at radius 3 is 2.57 bits per heavy atom. The summed E-state index contributed by atoms with van der Waals surface area (Å²) in [5, 5.41) is 3.00. The van der Waals surface area contributed by atoms with Crippen molar-refractivity contribution in [1.29, 1.82) is 0 Å². The fraction of sp³-hybridized carbons (Fsp3) is 0.529. The number of benzene rings is 1. The van der Waals surface area contributed by atoms with Gasteiger partial charge in [0.05, 0.1) is 19.6 Å².